The van der Waals surface area contributed by atoms with E-state index in [-0.39, 0.29) is 5.91 Å². The number of aromatic nitrogens is 3. The molecule has 3 aromatic heterocycles. The number of nitrogens with one attached hydrogen (secondary N) is 2. The Morgan fingerprint density at radius 3 is 2.92 bits per heavy atom. The fourth-order valence-corrected chi connectivity index (χ4v) is 2.93. The molecule has 0 saturated carbocycles. The Bertz CT molecular complexity index is 1220. The number of benzene rings is 1. The van der Waals surface area contributed by atoms with E-state index in [2.05, 4.69) is 33.7 Å². The number of pyridine rings is 1. The third kappa shape index (κ3) is 2.74. The lowest BCUT2D eigenvalue weighted by Crippen LogP contribution is -2.07. The van der Waals surface area contributed by atoms with Crippen LogP contribution in [0.15, 0.2) is 61.6 Å². The number of anilines is 1. The molecule has 126 valence electrons. The molecule has 0 radical (unpaired) electrons. The van der Waals surface area contributed by atoms with Crippen LogP contribution in [-0.4, -0.2) is 20.4 Å². The second-order valence-electron chi connectivity index (χ2n) is 5.94. The Labute approximate surface area is 150 Å². The number of carbonyl (C=O) groups is 1. The maximum absolute atomic E-state index is 11.5. The summed E-state index contributed by atoms with van der Waals surface area (Å²) in [7, 11) is 1.92. The van der Waals surface area contributed by atoms with Crippen molar-refractivity contribution in [1.82, 2.24) is 14.5 Å². The van der Waals surface area contributed by atoms with Gasteiger partial charge in [0, 0.05) is 35.7 Å². The molecule has 1 amide bonds. The quantitative estimate of drug-likeness (QED) is 0.433. The Hall–Kier alpha value is -3.78. The Morgan fingerprint density at radius 1 is 1.27 bits per heavy atom. The van der Waals surface area contributed by atoms with Gasteiger partial charge in [0.05, 0.1) is 23.0 Å². The zero-order valence-corrected chi connectivity index (χ0v) is 14.2. The summed E-state index contributed by atoms with van der Waals surface area (Å²) >= 11 is 0. The average molecular weight is 340 g/mol. The van der Waals surface area contributed by atoms with Crippen LogP contribution in [0.25, 0.3) is 21.9 Å². The largest absolute Gasteiger partial charge is 0.360 e. The summed E-state index contributed by atoms with van der Waals surface area (Å²) in [5, 5.41) is 4.72. The van der Waals surface area contributed by atoms with Crippen molar-refractivity contribution in [2.24, 2.45) is 7.05 Å². The number of para-hydroxylation sites is 1. The molecule has 0 saturated heterocycles. The minimum atomic E-state index is -0.270. The third-order valence-electron chi connectivity index (χ3n) is 4.19. The third-order valence-corrected chi connectivity index (χ3v) is 4.19. The molecule has 0 aliphatic heterocycles. The predicted octanol–water partition coefficient (Wildman–Crippen LogP) is 3.58. The van der Waals surface area contributed by atoms with Crippen LogP contribution in [0, 0.1) is 11.8 Å². The molecule has 4 aromatic rings. The van der Waals surface area contributed by atoms with Crippen LogP contribution in [0.2, 0.25) is 0 Å². The Balaban J connectivity index is 1.78. The van der Waals surface area contributed by atoms with Crippen molar-refractivity contribution < 1.29 is 4.79 Å². The summed E-state index contributed by atoms with van der Waals surface area (Å²) in [5.74, 6) is 6.20. The number of carbonyl (C=O) groups excluding carboxylic acids is 1. The minimum Gasteiger partial charge on any atom is -0.360 e. The fraction of sp³-hybridized carbons (Fsp3) is 0.0476. The standard InChI is InChI=1S/C21H16N4O/c1-3-20(26)24-16-10-18-15(13-25(2)21(18)23-12-16)9-8-14-11-22-19-7-5-4-6-17(14)19/h3-7,10-13,22H,1H2,2H3,(H,24,26). The normalized spacial score (nSPS) is 10.5. The molecule has 5 heteroatoms. The number of hydrogen-bond acceptors (Lipinski definition) is 2. The number of amides is 1. The monoisotopic (exact) mass is 340 g/mol. The molecule has 0 bridgehead atoms. The van der Waals surface area contributed by atoms with Gasteiger partial charge >= 0.3 is 0 Å². The molecular weight excluding hydrogens is 324 g/mol. The van der Waals surface area contributed by atoms with Gasteiger partial charge in [0.15, 0.2) is 0 Å². The van der Waals surface area contributed by atoms with Crippen LogP contribution in [-0.2, 0) is 11.8 Å². The highest BCUT2D eigenvalue weighted by molar-refractivity contribution is 6.00. The lowest BCUT2D eigenvalue weighted by atomic mass is 10.1. The first kappa shape index (κ1) is 15.7. The van der Waals surface area contributed by atoms with Gasteiger partial charge in [0.25, 0.3) is 0 Å². The van der Waals surface area contributed by atoms with E-state index in [0.717, 1.165) is 33.1 Å². The molecule has 1 aromatic carbocycles. The molecule has 0 atom stereocenters. The first-order valence-corrected chi connectivity index (χ1v) is 8.12. The minimum absolute atomic E-state index is 0.270. The number of hydrogen-bond donors (Lipinski definition) is 2. The molecule has 3 heterocycles. The first-order chi connectivity index (χ1) is 12.7. The van der Waals surface area contributed by atoms with E-state index < -0.39 is 0 Å². The summed E-state index contributed by atoms with van der Waals surface area (Å²) in [4.78, 5) is 19.2. The van der Waals surface area contributed by atoms with Gasteiger partial charge < -0.3 is 14.9 Å². The number of aryl methyl sites for hydroxylation is 1. The number of H-pyrrole nitrogens is 1. The zero-order chi connectivity index (χ0) is 18.1. The fourth-order valence-electron chi connectivity index (χ4n) is 2.93. The maximum Gasteiger partial charge on any atom is 0.247 e. The molecule has 26 heavy (non-hydrogen) atoms. The number of aromatic amines is 1. The van der Waals surface area contributed by atoms with Gasteiger partial charge in [-0.05, 0) is 18.2 Å². The highest BCUT2D eigenvalue weighted by Gasteiger charge is 2.08. The molecule has 0 aliphatic carbocycles. The van der Waals surface area contributed by atoms with E-state index in [1.54, 1.807) is 6.20 Å². The van der Waals surface area contributed by atoms with Crippen LogP contribution in [0.1, 0.15) is 11.1 Å². The van der Waals surface area contributed by atoms with Crippen molar-refractivity contribution in [3.05, 3.63) is 72.7 Å². The van der Waals surface area contributed by atoms with E-state index in [0.29, 0.717) is 5.69 Å². The van der Waals surface area contributed by atoms with Gasteiger partial charge in [-0.1, -0.05) is 36.6 Å². The van der Waals surface area contributed by atoms with Crippen LogP contribution in [0.3, 0.4) is 0 Å². The number of nitrogens with zero attached hydrogens (tertiary/aromatic N) is 2. The molecular formula is C21H16N4O. The Kier molecular flexibility index (Phi) is 3.79. The van der Waals surface area contributed by atoms with Gasteiger partial charge in [-0.2, -0.15) is 0 Å². The van der Waals surface area contributed by atoms with Gasteiger partial charge in [-0.3, -0.25) is 4.79 Å². The topological polar surface area (TPSA) is 62.7 Å². The van der Waals surface area contributed by atoms with Crippen LogP contribution in [0.4, 0.5) is 5.69 Å². The van der Waals surface area contributed by atoms with E-state index in [1.807, 2.05) is 54.3 Å². The second-order valence-corrected chi connectivity index (χ2v) is 5.94. The van der Waals surface area contributed by atoms with Crippen molar-refractivity contribution in [1.29, 1.82) is 0 Å². The smallest absolute Gasteiger partial charge is 0.247 e. The molecule has 0 unspecified atom stereocenters. The van der Waals surface area contributed by atoms with Crippen molar-refractivity contribution in [2.45, 2.75) is 0 Å². The summed E-state index contributed by atoms with van der Waals surface area (Å²) in [5.41, 5.74) is 4.29. The van der Waals surface area contributed by atoms with Gasteiger partial charge in [0.1, 0.15) is 5.65 Å². The van der Waals surface area contributed by atoms with E-state index in [4.69, 9.17) is 0 Å². The SMILES string of the molecule is C=CC(=O)Nc1cnc2c(c1)c(C#Cc1c[nH]c3ccccc13)cn2C. The van der Waals surface area contributed by atoms with Crippen molar-refractivity contribution in [3.63, 3.8) is 0 Å². The number of rotatable bonds is 2. The van der Waals surface area contributed by atoms with Gasteiger partial charge in [0.2, 0.25) is 5.91 Å². The van der Waals surface area contributed by atoms with E-state index in [1.165, 1.54) is 6.08 Å². The van der Waals surface area contributed by atoms with Crippen molar-refractivity contribution in [2.75, 3.05) is 5.32 Å². The van der Waals surface area contributed by atoms with E-state index >= 15 is 0 Å². The lowest BCUT2D eigenvalue weighted by Gasteiger charge is -2.02. The molecule has 2 N–H and O–H groups in total. The first-order valence-electron chi connectivity index (χ1n) is 8.12. The summed E-state index contributed by atoms with van der Waals surface area (Å²) in [6.07, 6.45) is 6.71. The van der Waals surface area contributed by atoms with E-state index in [9.17, 15) is 4.79 Å². The highest BCUT2D eigenvalue weighted by atomic mass is 16.1. The van der Waals surface area contributed by atoms with Gasteiger partial charge in [-0.25, -0.2) is 4.98 Å². The van der Waals surface area contributed by atoms with Crippen LogP contribution >= 0.6 is 0 Å². The highest BCUT2D eigenvalue weighted by Crippen LogP contribution is 2.22. The zero-order valence-electron chi connectivity index (χ0n) is 14.2. The van der Waals surface area contributed by atoms with Crippen LogP contribution in [0.5, 0.6) is 0 Å². The second kappa shape index (κ2) is 6.26. The summed E-state index contributed by atoms with van der Waals surface area (Å²) in [6, 6.07) is 9.94. The summed E-state index contributed by atoms with van der Waals surface area (Å²) in [6.45, 7) is 3.46. The van der Waals surface area contributed by atoms with Crippen LogP contribution < -0.4 is 5.32 Å². The molecule has 0 aliphatic rings. The van der Waals surface area contributed by atoms with Crippen molar-refractivity contribution in [3.8, 4) is 11.8 Å². The number of fused-ring (bicyclic) bond motifs is 2. The molecule has 0 fully saturated rings. The molecule has 0 spiro atoms. The predicted molar refractivity (Wildman–Crippen MR) is 104 cm³/mol. The van der Waals surface area contributed by atoms with Crippen molar-refractivity contribution >= 4 is 33.5 Å². The van der Waals surface area contributed by atoms with Gasteiger partial charge in [-0.15, -0.1) is 0 Å². The maximum atomic E-state index is 11.5. The molecule has 4 rings (SSSR count). The average Bonchev–Trinajstić information content (AvgIpc) is 3.21. The Morgan fingerprint density at radius 2 is 2.08 bits per heavy atom. The summed E-state index contributed by atoms with van der Waals surface area (Å²) < 4.78 is 1.92. The molecule has 5 nitrogen and oxygen atoms in total. The lowest BCUT2D eigenvalue weighted by molar-refractivity contribution is -0.111.